The lowest BCUT2D eigenvalue weighted by Gasteiger charge is -2.26. The average Bonchev–Trinajstić information content (AvgIpc) is 2.54. The van der Waals surface area contributed by atoms with E-state index in [4.69, 9.17) is 0 Å². The predicted octanol–water partition coefficient (Wildman–Crippen LogP) is 3.19. The Morgan fingerprint density at radius 1 is 1.29 bits per heavy atom. The van der Waals surface area contributed by atoms with Gasteiger partial charge in [0.15, 0.2) is 0 Å². The molecule has 1 saturated carbocycles. The molecule has 0 radical (unpaired) electrons. The van der Waals surface area contributed by atoms with Crippen molar-refractivity contribution in [1.82, 2.24) is 5.32 Å². The summed E-state index contributed by atoms with van der Waals surface area (Å²) in [5.41, 5.74) is 0. The molecule has 2 unspecified atom stereocenters. The molecule has 0 aromatic heterocycles. The van der Waals surface area contributed by atoms with Crippen LogP contribution in [0.1, 0.15) is 65.2 Å². The molecule has 0 saturated heterocycles. The fraction of sp³-hybridized carbons (Fsp3) is 0.929. The first kappa shape index (κ1) is 14.5. The van der Waals surface area contributed by atoms with E-state index < -0.39 is 5.97 Å². The quantitative estimate of drug-likeness (QED) is 0.702. The van der Waals surface area contributed by atoms with Crippen molar-refractivity contribution in [2.75, 3.05) is 0 Å². The Morgan fingerprint density at radius 2 is 1.88 bits per heavy atom. The molecule has 0 bridgehead atoms. The first-order valence-corrected chi connectivity index (χ1v) is 7.14. The average molecular weight is 241 g/mol. The van der Waals surface area contributed by atoms with Gasteiger partial charge in [0.05, 0.1) is 0 Å². The Bertz CT molecular complexity index is 222. The second-order valence-electron chi connectivity index (χ2n) is 5.44. The number of rotatable bonds is 6. The fourth-order valence-electron chi connectivity index (χ4n) is 2.80. The van der Waals surface area contributed by atoms with E-state index in [0.29, 0.717) is 6.04 Å². The minimum Gasteiger partial charge on any atom is -0.480 e. The highest BCUT2D eigenvalue weighted by atomic mass is 16.4. The molecule has 0 spiro atoms. The van der Waals surface area contributed by atoms with Gasteiger partial charge in [-0.1, -0.05) is 46.0 Å². The molecule has 0 aromatic carbocycles. The zero-order valence-corrected chi connectivity index (χ0v) is 11.2. The summed E-state index contributed by atoms with van der Waals surface area (Å²) in [6.45, 7) is 4.16. The van der Waals surface area contributed by atoms with Crippen molar-refractivity contribution in [2.45, 2.75) is 77.3 Å². The molecule has 2 atom stereocenters. The minimum absolute atomic E-state index is 0.223. The molecule has 0 heterocycles. The summed E-state index contributed by atoms with van der Waals surface area (Å²) in [6.07, 6.45) is 9.42. The molecule has 0 aromatic rings. The lowest BCUT2D eigenvalue weighted by molar-refractivity contribution is -0.141. The van der Waals surface area contributed by atoms with Gasteiger partial charge in [-0.2, -0.15) is 0 Å². The molecule has 1 fully saturated rings. The van der Waals surface area contributed by atoms with Crippen LogP contribution in [0.3, 0.4) is 0 Å². The van der Waals surface area contributed by atoms with Crippen LogP contribution >= 0.6 is 0 Å². The van der Waals surface area contributed by atoms with Crippen LogP contribution in [0, 0.1) is 5.92 Å². The SMILES string of the molecule is CCCC(C)C(NC1CCCCCC1)C(=O)O. The highest BCUT2D eigenvalue weighted by Crippen LogP contribution is 2.20. The van der Waals surface area contributed by atoms with Crippen molar-refractivity contribution in [3.63, 3.8) is 0 Å². The summed E-state index contributed by atoms with van der Waals surface area (Å²) in [4.78, 5) is 11.3. The Labute approximate surface area is 105 Å². The number of carbonyl (C=O) groups is 1. The van der Waals surface area contributed by atoms with Crippen LogP contribution in [0.5, 0.6) is 0 Å². The van der Waals surface area contributed by atoms with Gasteiger partial charge in [0.1, 0.15) is 6.04 Å². The van der Waals surface area contributed by atoms with Gasteiger partial charge in [-0.15, -0.1) is 0 Å². The molecular formula is C14H27NO2. The van der Waals surface area contributed by atoms with Crippen molar-refractivity contribution < 1.29 is 9.90 Å². The predicted molar refractivity (Wildman–Crippen MR) is 70.1 cm³/mol. The number of nitrogens with one attached hydrogen (secondary N) is 1. The van der Waals surface area contributed by atoms with Crippen molar-refractivity contribution in [2.24, 2.45) is 5.92 Å². The fourth-order valence-corrected chi connectivity index (χ4v) is 2.80. The maximum absolute atomic E-state index is 11.3. The number of aliphatic carboxylic acids is 1. The summed E-state index contributed by atoms with van der Waals surface area (Å²) in [5, 5.41) is 12.7. The Balaban J connectivity index is 2.49. The van der Waals surface area contributed by atoms with Crippen molar-refractivity contribution in [1.29, 1.82) is 0 Å². The van der Waals surface area contributed by atoms with E-state index in [-0.39, 0.29) is 12.0 Å². The standard InChI is InChI=1S/C14H27NO2/c1-3-8-11(2)13(14(16)17)15-12-9-6-4-5-7-10-12/h11-13,15H,3-10H2,1-2H3,(H,16,17). The van der Waals surface area contributed by atoms with Gasteiger partial charge in [-0.05, 0) is 25.2 Å². The maximum atomic E-state index is 11.3. The van der Waals surface area contributed by atoms with Gasteiger partial charge in [-0.3, -0.25) is 4.79 Å². The topological polar surface area (TPSA) is 49.3 Å². The minimum atomic E-state index is -0.685. The molecule has 1 rings (SSSR count). The third kappa shape index (κ3) is 5.07. The smallest absolute Gasteiger partial charge is 0.320 e. The summed E-state index contributed by atoms with van der Waals surface area (Å²) in [7, 11) is 0. The molecule has 100 valence electrons. The van der Waals surface area contributed by atoms with Crippen LogP contribution in [-0.2, 0) is 4.79 Å². The summed E-state index contributed by atoms with van der Waals surface area (Å²) in [6, 6.07) is 0.0518. The number of carboxylic acids is 1. The molecule has 1 aliphatic carbocycles. The van der Waals surface area contributed by atoms with Gasteiger partial charge in [0.2, 0.25) is 0 Å². The highest BCUT2D eigenvalue weighted by molar-refractivity contribution is 5.73. The molecule has 1 aliphatic rings. The van der Waals surface area contributed by atoms with E-state index in [1.54, 1.807) is 0 Å². The second kappa shape index (κ2) is 7.70. The lowest BCUT2D eigenvalue weighted by atomic mass is 9.95. The molecule has 2 N–H and O–H groups in total. The number of hydrogen-bond acceptors (Lipinski definition) is 2. The zero-order chi connectivity index (χ0) is 12.7. The van der Waals surface area contributed by atoms with E-state index in [1.807, 2.05) is 6.92 Å². The summed E-state index contributed by atoms with van der Waals surface area (Å²) >= 11 is 0. The van der Waals surface area contributed by atoms with Gasteiger partial charge >= 0.3 is 5.97 Å². The zero-order valence-electron chi connectivity index (χ0n) is 11.2. The third-order valence-electron chi connectivity index (χ3n) is 3.85. The molecule has 3 heteroatoms. The largest absolute Gasteiger partial charge is 0.480 e. The lowest BCUT2D eigenvalue weighted by Crippen LogP contribution is -2.47. The number of carboxylic acid groups (broad SMARTS) is 1. The number of hydrogen-bond donors (Lipinski definition) is 2. The van der Waals surface area contributed by atoms with E-state index in [9.17, 15) is 9.90 Å². The van der Waals surface area contributed by atoms with Crippen LogP contribution in [0.25, 0.3) is 0 Å². The van der Waals surface area contributed by atoms with Crippen molar-refractivity contribution in [3.05, 3.63) is 0 Å². The van der Waals surface area contributed by atoms with E-state index in [2.05, 4.69) is 12.2 Å². The van der Waals surface area contributed by atoms with Crippen molar-refractivity contribution in [3.8, 4) is 0 Å². The van der Waals surface area contributed by atoms with Crippen LogP contribution in [-0.4, -0.2) is 23.2 Å². The second-order valence-corrected chi connectivity index (χ2v) is 5.44. The summed E-state index contributed by atoms with van der Waals surface area (Å²) in [5.74, 6) is -0.462. The van der Waals surface area contributed by atoms with E-state index in [1.165, 1.54) is 25.7 Å². The monoisotopic (exact) mass is 241 g/mol. The van der Waals surface area contributed by atoms with Crippen LogP contribution in [0.2, 0.25) is 0 Å². The maximum Gasteiger partial charge on any atom is 0.320 e. The highest BCUT2D eigenvalue weighted by Gasteiger charge is 2.26. The first-order valence-electron chi connectivity index (χ1n) is 7.14. The van der Waals surface area contributed by atoms with Gasteiger partial charge in [0.25, 0.3) is 0 Å². The van der Waals surface area contributed by atoms with E-state index in [0.717, 1.165) is 25.7 Å². The van der Waals surface area contributed by atoms with E-state index >= 15 is 0 Å². The molecule has 0 aliphatic heterocycles. The summed E-state index contributed by atoms with van der Waals surface area (Å²) < 4.78 is 0. The van der Waals surface area contributed by atoms with Gasteiger partial charge in [-0.25, -0.2) is 0 Å². The van der Waals surface area contributed by atoms with Crippen molar-refractivity contribution >= 4 is 5.97 Å². The Morgan fingerprint density at radius 3 is 2.35 bits per heavy atom. The third-order valence-corrected chi connectivity index (χ3v) is 3.85. The Kier molecular flexibility index (Phi) is 6.56. The molecule has 17 heavy (non-hydrogen) atoms. The first-order chi connectivity index (χ1) is 8.15. The molecule has 3 nitrogen and oxygen atoms in total. The normalized spacial score (nSPS) is 21.8. The van der Waals surface area contributed by atoms with Gasteiger partial charge < -0.3 is 10.4 Å². The van der Waals surface area contributed by atoms with Crippen LogP contribution in [0.4, 0.5) is 0 Å². The molecular weight excluding hydrogens is 214 g/mol. The van der Waals surface area contributed by atoms with Gasteiger partial charge in [0, 0.05) is 6.04 Å². The van der Waals surface area contributed by atoms with Crippen LogP contribution < -0.4 is 5.32 Å². The van der Waals surface area contributed by atoms with Crippen LogP contribution in [0.15, 0.2) is 0 Å². The Hall–Kier alpha value is -0.570. The molecule has 0 amide bonds.